The third-order valence-electron chi connectivity index (χ3n) is 4.35. The van der Waals surface area contributed by atoms with Gasteiger partial charge in [-0.15, -0.1) is 0 Å². The second-order valence-corrected chi connectivity index (χ2v) is 6.71. The minimum Gasteiger partial charge on any atom is -0.508 e. The van der Waals surface area contributed by atoms with Gasteiger partial charge in [0.05, 0.1) is 18.4 Å². The van der Waals surface area contributed by atoms with Crippen LogP contribution in [0.4, 0.5) is 5.69 Å². The van der Waals surface area contributed by atoms with Crippen LogP contribution in [0.2, 0.25) is 0 Å². The van der Waals surface area contributed by atoms with Gasteiger partial charge in [0.1, 0.15) is 17.3 Å². The minimum absolute atomic E-state index is 0.0206. The summed E-state index contributed by atoms with van der Waals surface area (Å²) in [6, 6.07) is 7.95. The normalized spacial score (nSPS) is 10.6. The highest BCUT2D eigenvalue weighted by Crippen LogP contribution is 2.34. The van der Waals surface area contributed by atoms with Crippen LogP contribution in [0, 0.1) is 6.92 Å². The Balaban J connectivity index is 1.71. The van der Waals surface area contributed by atoms with Gasteiger partial charge in [-0.05, 0) is 55.4 Å². The molecule has 0 radical (unpaired) electrons. The Bertz CT molecular complexity index is 1090. The number of fused-ring (bicyclic) bond motifs is 1. The standard InChI is InChI=1S/C20H21N3O5S/c1-4-11-8-13(16(25)9-15(11)24)19(26)22-23-20(29)21-14-5-6-17(27-3)18-12(14)7-10(2)28-18/h5-9,24-25H,4H2,1-3H3,(H,22,26)(H2,21,23,29). The lowest BCUT2D eigenvalue weighted by molar-refractivity contribution is 0.0941. The Hall–Kier alpha value is -3.46. The number of hydrogen-bond donors (Lipinski definition) is 5. The van der Waals surface area contributed by atoms with Gasteiger partial charge in [0.25, 0.3) is 5.91 Å². The van der Waals surface area contributed by atoms with Crippen molar-refractivity contribution in [2.24, 2.45) is 0 Å². The number of carbonyl (C=O) groups excluding carboxylic acids is 1. The van der Waals surface area contributed by atoms with Gasteiger partial charge in [-0.1, -0.05) is 6.92 Å². The molecule has 5 N–H and O–H groups in total. The molecule has 152 valence electrons. The number of anilines is 1. The fourth-order valence-corrected chi connectivity index (χ4v) is 3.07. The van der Waals surface area contributed by atoms with E-state index in [1.807, 2.05) is 19.9 Å². The van der Waals surface area contributed by atoms with E-state index in [-0.39, 0.29) is 22.2 Å². The molecular weight excluding hydrogens is 394 g/mol. The maximum Gasteiger partial charge on any atom is 0.273 e. The number of benzene rings is 2. The number of phenols is 2. The summed E-state index contributed by atoms with van der Waals surface area (Å²) >= 11 is 5.24. The van der Waals surface area contributed by atoms with E-state index in [4.69, 9.17) is 21.4 Å². The van der Waals surface area contributed by atoms with Crippen molar-refractivity contribution in [1.29, 1.82) is 0 Å². The number of aromatic hydroxyl groups is 2. The predicted octanol–water partition coefficient (Wildman–Crippen LogP) is 3.35. The number of thiocarbonyl (C=S) groups is 1. The molecule has 0 spiro atoms. The number of methoxy groups -OCH3 is 1. The third-order valence-corrected chi connectivity index (χ3v) is 4.55. The van der Waals surface area contributed by atoms with E-state index < -0.39 is 5.91 Å². The van der Waals surface area contributed by atoms with Gasteiger partial charge >= 0.3 is 0 Å². The fraction of sp³-hybridized carbons (Fsp3) is 0.200. The van der Waals surface area contributed by atoms with E-state index in [9.17, 15) is 15.0 Å². The van der Waals surface area contributed by atoms with Crippen LogP contribution in [0.5, 0.6) is 17.2 Å². The average Bonchev–Trinajstić information content (AvgIpc) is 3.08. The van der Waals surface area contributed by atoms with Gasteiger partial charge in [-0.3, -0.25) is 15.6 Å². The predicted molar refractivity (Wildman–Crippen MR) is 113 cm³/mol. The highest BCUT2D eigenvalue weighted by atomic mass is 32.1. The first kappa shape index (κ1) is 20.3. The van der Waals surface area contributed by atoms with Crippen LogP contribution < -0.4 is 20.9 Å². The van der Waals surface area contributed by atoms with Crippen LogP contribution in [-0.4, -0.2) is 28.3 Å². The Morgan fingerprint density at radius 1 is 1.17 bits per heavy atom. The quantitative estimate of drug-likeness (QED) is 0.325. The first-order valence-corrected chi connectivity index (χ1v) is 9.24. The average molecular weight is 415 g/mol. The van der Waals surface area contributed by atoms with Gasteiger partial charge in [0, 0.05) is 11.5 Å². The van der Waals surface area contributed by atoms with Crippen LogP contribution in [0.25, 0.3) is 11.0 Å². The number of nitrogens with one attached hydrogen (secondary N) is 3. The summed E-state index contributed by atoms with van der Waals surface area (Å²) < 4.78 is 11.0. The van der Waals surface area contributed by atoms with Crippen LogP contribution in [0.3, 0.4) is 0 Å². The number of aryl methyl sites for hydroxylation is 2. The molecule has 0 atom stereocenters. The van der Waals surface area contributed by atoms with Gasteiger partial charge < -0.3 is 24.7 Å². The molecule has 1 heterocycles. The summed E-state index contributed by atoms with van der Waals surface area (Å²) in [7, 11) is 1.56. The summed E-state index contributed by atoms with van der Waals surface area (Å²) in [5, 5.41) is 23.6. The van der Waals surface area contributed by atoms with Crippen molar-refractivity contribution in [2.75, 3.05) is 12.4 Å². The lowest BCUT2D eigenvalue weighted by Gasteiger charge is -2.14. The number of hydrogen-bond acceptors (Lipinski definition) is 6. The molecule has 0 aliphatic heterocycles. The van der Waals surface area contributed by atoms with Gasteiger partial charge in [-0.25, -0.2) is 0 Å². The molecule has 0 aliphatic carbocycles. The number of furan rings is 1. The highest BCUT2D eigenvalue weighted by molar-refractivity contribution is 7.80. The smallest absolute Gasteiger partial charge is 0.273 e. The summed E-state index contributed by atoms with van der Waals surface area (Å²) in [6.07, 6.45) is 0.511. The van der Waals surface area contributed by atoms with Crippen molar-refractivity contribution >= 4 is 39.9 Å². The van der Waals surface area contributed by atoms with Crippen LogP contribution in [0.1, 0.15) is 28.6 Å². The van der Waals surface area contributed by atoms with E-state index in [1.165, 1.54) is 6.07 Å². The van der Waals surface area contributed by atoms with E-state index in [1.54, 1.807) is 19.2 Å². The van der Waals surface area contributed by atoms with Gasteiger partial charge in [0.15, 0.2) is 16.4 Å². The fourth-order valence-electron chi connectivity index (χ4n) is 2.91. The Morgan fingerprint density at radius 3 is 2.62 bits per heavy atom. The summed E-state index contributed by atoms with van der Waals surface area (Å²) in [6.45, 7) is 3.66. The van der Waals surface area contributed by atoms with Crippen molar-refractivity contribution in [1.82, 2.24) is 10.9 Å². The molecule has 0 bridgehead atoms. The maximum absolute atomic E-state index is 12.4. The molecule has 3 rings (SSSR count). The first-order valence-electron chi connectivity index (χ1n) is 8.83. The molecule has 0 fully saturated rings. The van der Waals surface area contributed by atoms with E-state index in [0.29, 0.717) is 34.8 Å². The van der Waals surface area contributed by atoms with E-state index in [2.05, 4.69) is 16.2 Å². The number of ether oxygens (including phenoxy) is 1. The molecule has 0 saturated carbocycles. The SMILES string of the molecule is CCc1cc(C(=O)NNC(=S)Nc2ccc(OC)c3oc(C)cc23)c(O)cc1O. The van der Waals surface area contributed by atoms with Crippen molar-refractivity contribution in [3.05, 3.63) is 47.2 Å². The Morgan fingerprint density at radius 2 is 1.93 bits per heavy atom. The van der Waals surface area contributed by atoms with E-state index >= 15 is 0 Å². The first-order chi connectivity index (χ1) is 13.8. The zero-order chi connectivity index (χ0) is 21.1. The van der Waals surface area contributed by atoms with Crippen LogP contribution >= 0.6 is 12.2 Å². The third kappa shape index (κ3) is 4.19. The molecule has 9 heteroatoms. The second kappa shape index (κ2) is 8.27. The minimum atomic E-state index is -0.597. The Kier molecular flexibility index (Phi) is 5.79. The topological polar surface area (TPSA) is 116 Å². The monoisotopic (exact) mass is 415 g/mol. The number of amides is 1. The number of carbonyl (C=O) groups is 1. The molecule has 0 unspecified atom stereocenters. The molecule has 8 nitrogen and oxygen atoms in total. The molecule has 0 saturated heterocycles. The molecule has 1 aromatic heterocycles. The van der Waals surface area contributed by atoms with Crippen molar-refractivity contribution in [3.8, 4) is 17.2 Å². The van der Waals surface area contributed by atoms with Crippen LogP contribution in [-0.2, 0) is 6.42 Å². The number of hydrazine groups is 1. The summed E-state index contributed by atoms with van der Waals surface area (Å²) in [4.78, 5) is 12.4. The van der Waals surface area contributed by atoms with Gasteiger partial charge in [0.2, 0.25) is 0 Å². The highest BCUT2D eigenvalue weighted by Gasteiger charge is 2.16. The number of phenolic OH excluding ortho intramolecular Hbond substituents is 2. The summed E-state index contributed by atoms with van der Waals surface area (Å²) in [5.41, 5.74) is 6.84. The lowest BCUT2D eigenvalue weighted by atomic mass is 10.1. The van der Waals surface area contributed by atoms with Gasteiger partial charge in [-0.2, -0.15) is 0 Å². The van der Waals surface area contributed by atoms with Crippen molar-refractivity contribution in [3.63, 3.8) is 0 Å². The molecule has 29 heavy (non-hydrogen) atoms. The molecular formula is C20H21N3O5S. The second-order valence-electron chi connectivity index (χ2n) is 6.30. The molecule has 2 aromatic carbocycles. The Labute approximate surface area is 172 Å². The van der Waals surface area contributed by atoms with Crippen molar-refractivity contribution in [2.45, 2.75) is 20.3 Å². The number of rotatable bonds is 4. The van der Waals surface area contributed by atoms with Crippen LogP contribution in [0.15, 0.2) is 34.7 Å². The van der Waals surface area contributed by atoms with Crippen molar-refractivity contribution < 1.29 is 24.2 Å². The molecule has 0 aliphatic rings. The zero-order valence-corrected chi connectivity index (χ0v) is 16.9. The van der Waals surface area contributed by atoms with E-state index in [0.717, 1.165) is 11.5 Å². The molecule has 1 amide bonds. The molecule has 3 aromatic rings. The largest absolute Gasteiger partial charge is 0.508 e. The maximum atomic E-state index is 12.4. The zero-order valence-electron chi connectivity index (χ0n) is 16.1. The lowest BCUT2D eigenvalue weighted by Crippen LogP contribution is -2.43. The summed E-state index contributed by atoms with van der Waals surface area (Å²) in [5.74, 6) is 0.323.